The Morgan fingerprint density at radius 3 is 2.69 bits per heavy atom. The molecule has 0 amide bonds. The van der Waals surface area contributed by atoms with Crippen molar-refractivity contribution in [3.8, 4) is 5.75 Å². The topological polar surface area (TPSA) is 38.7 Å². The highest BCUT2D eigenvalue weighted by atomic mass is 35.5. The first kappa shape index (κ1) is 20.4. The Morgan fingerprint density at radius 1 is 1.24 bits per heavy atom. The third-order valence-electron chi connectivity index (χ3n) is 5.93. The fourth-order valence-corrected chi connectivity index (χ4v) is 4.90. The van der Waals surface area contributed by atoms with Crippen molar-refractivity contribution >= 4 is 17.2 Å². The van der Waals surface area contributed by atoms with Crippen LogP contribution in [-0.4, -0.2) is 30.0 Å². The zero-order valence-electron chi connectivity index (χ0n) is 16.7. The molecule has 2 aromatic rings. The van der Waals surface area contributed by atoms with Gasteiger partial charge in [0, 0.05) is 23.1 Å². The van der Waals surface area contributed by atoms with Gasteiger partial charge < -0.3 is 14.6 Å². The van der Waals surface area contributed by atoms with Crippen molar-refractivity contribution < 1.29 is 19.0 Å². The minimum absolute atomic E-state index is 0.0285. The summed E-state index contributed by atoms with van der Waals surface area (Å²) in [5, 5.41) is 10.6. The maximum atomic E-state index is 13.5. The van der Waals surface area contributed by atoms with Crippen LogP contribution >= 0.6 is 11.6 Å². The molecule has 0 unspecified atom stereocenters. The van der Waals surface area contributed by atoms with Crippen LogP contribution < -0.4 is 4.74 Å². The summed E-state index contributed by atoms with van der Waals surface area (Å²) < 4.78 is 25.9. The molecule has 0 saturated heterocycles. The first-order valence-corrected chi connectivity index (χ1v) is 10.5. The molecule has 0 bridgehead atoms. The summed E-state index contributed by atoms with van der Waals surface area (Å²) in [4.78, 5) is 0. The van der Waals surface area contributed by atoms with Gasteiger partial charge in [0.2, 0.25) is 0 Å². The molecule has 3 nitrogen and oxygen atoms in total. The number of hydrogen-bond donors (Lipinski definition) is 1. The molecule has 1 heterocycles. The van der Waals surface area contributed by atoms with Crippen LogP contribution in [0.3, 0.4) is 0 Å². The van der Waals surface area contributed by atoms with Crippen LogP contribution in [0.2, 0.25) is 5.02 Å². The minimum Gasteiger partial charge on any atom is -0.490 e. The Balaban J connectivity index is 1.74. The van der Waals surface area contributed by atoms with Crippen LogP contribution in [-0.2, 0) is 4.74 Å². The lowest BCUT2D eigenvalue weighted by atomic mass is 9.80. The van der Waals surface area contributed by atoms with E-state index in [1.807, 2.05) is 32.0 Å². The van der Waals surface area contributed by atoms with Crippen molar-refractivity contribution in [3.05, 3.63) is 70.5 Å². The van der Waals surface area contributed by atoms with E-state index in [1.165, 1.54) is 12.1 Å². The molecular formula is C24H26ClFO3. The molecule has 1 fully saturated rings. The lowest BCUT2D eigenvalue weighted by Crippen LogP contribution is -2.33. The van der Waals surface area contributed by atoms with Crippen LogP contribution in [0.5, 0.6) is 5.75 Å². The third kappa shape index (κ3) is 3.94. The van der Waals surface area contributed by atoms with E-state index in [0.717, 1.165) is 35.3 Å². The Hall–Kier alpha value is -1.88. The molecule has 1 saturated carbocycles. The van der Waals surface area contributed by atoms with E-state index in [9.17, 15) is 9.50 Å². The van der Waals surface area contributed by atoms with Gasteiger partial charge in [0.15, 0.2) is 0 Å². The number of aliphatic hydroxyl groups is 1. The van der Waals surface area contributed by atoms with Crippen LogP contribution in [0.4, 0.5) is 4.39 Å². The van der Waals surface area contributed by atoms with Crippen molar-refractivity contribution in [2.75, 3.05) is 13.2 Å². The fraction of sp³-hybridized carbons (Fsp3) is 0.417. The number of ether oxygens (including phenoxy) is 2. The first-order chi connectivity index (χ1) is 13.9. The number of halogens is 2. The van der Waals surface area contributed by atoms with E-state index in [-0.39, 0.29) is 30.4 Å². The summed E-state index contributed by atoms with van der Waals surface area (Å²) in [6, 6.07) is 12.2. The Bertz CT molecular complexity index is 909. The summed E-state index contributed by atoms with van der Waals surface area (Å²) in [6.07, 6.45) is 3.89. The molecule has 4 rings (SSSR count). The van der Waals surface area contributed by atoms with Gasteiger partial charge in [0.1, 0.15) is 11.6 Å². The molecule has 3 atom stereocenters. The minimum atomic E-state index is -0.516. The number of rotatable bonds is 5. The number of aliphatic hydroxyl groups excluding tert-OH is 1. The smallest absolute Gasteiger partial charge is 0.127 e. The maximum absolute atomic E-state index is 13.5. The predicted octanol–water partition coefficient (Wildman–Crippen LogP) is 5.60. The molecule has 0 radical (unpaired) electrons. The Labute approximate surface area is 176 Å². The molecule has 1 N–H and O–H groups in total. The lowest BCUT2D eigenvalue weighted by molar-refractivity contribution is 0.0106. The normalized spacial score (nSPS) is 26.3. The predicted molar refractivity (Wildman–Crippen MR) is 113 cm³/mol. The summed E-state index contributed by atoms with van der Waals surface area (Å²) in [5.41, 5.74) is 2.45. The van der Waals surface area contributed by atoms with Gasteiger partial charge in [-0.05, 0) is 80.2 Å². The Kier molecular flexibility index (Phi) is 5.69. The average molecular weight is 417 g/mol. The van der Waals surface area contributed by atoms with Gasteiger partial charge in [-0.15, -0.1) is 0 Å². The lowest BCUT2D eigenvalue weighted by Gasteiger charge is -2.32. The second kappa shape index (κ2) is 8.10. The largest absolute Gasteiger partial charge is 0.490 e. The van der Waals surface area contributed by atoms with Gasteiger partial charge in [-0.2, -0.15) is 0 Å². The summed E-state index contributed by atoms with van der Waals surface area (Å²) in [5.74, 6) is 0.562. The molecule has 5 heteroatoms. The van der Waals surface area contributed by atoms with E-state index in [0.29, 0.717) is 11.6 Å². The van der Waals surface area contributed by atoms with Crippen LogP contribution in [0.15, 0.2) is 48.5 Å². The SMILES string of the molecule is CC(C)Oc1ccc(Cl)cc1C1=C[C@@]2(CC[C@H](CO)[C@H]2c2ccc(F)cc2)OC1. The monoisotopic (exact) mass is 416 g/mol. The highest BCUT2D eigenvalue weighted by molar-refractivity contribution is 6.30. The van der Waals surface area contributed by atoms with Crippen molar-refractivity contribution in [1.29, 1.82) is 0 Å². The van der Waals surface area contributed by atoms with Crippen LogP contribution in [0, 0.1) is 11.7 Å². The molecule has 2 aliphatic rings. The molecule has 29 heavy (non-hydrogen) atoms. The molecule has 0 aromatic heterocycles. The second-order valence-electron chi connectivity index (χ2n) is 8.23. The first-order valence-electron chi connectivity index (χ1n) is 10.1. The van der Waals surface area contributed by atoms with Gasteiger partial charge in [-0.25, -0.2) is 4.39 Å². The fourth-order valence-electron chi connectivity index (χ4n) is 4.73. The van der Waals surface area contributed by atoms with Gasteiger partial charge in [-0.1, -0.05) is 23.7 Å². The van der Waals surface area contributed by atoms with Crippen molar-refractivity contribution in [2.24, 2.45) is 5.92 Å². The molecule has 1 aliphatic heterocycles. The van der Waals surface area contributed by atoms with E-state index >= 15 is 0 Å². The highest BCUT2D eigenvalue weighted by Gasteiger charge is 2.51. The second-order valence-corrected chi connectivity index (χ2v) is 8.67. The van der Waals surface area contributed by atoms with Crippen LogP contribution in [0.25, 0.3) is 5.57 Å². The quantitative estimate of drug-likeness (QED) is 0.689. The molecule has 1 aliphatic carbocycles. The van der Waals surface area contributed by atoms with E-state index in [1.54, 1.807) is 12.1 Å². The van der Waals surface area contributed by atoms with Crippen molar-refractivity contribution in [1.82, 2.24) is 0 Å². The molecular weight excluding hydrogens is 391 g/mol. The number of benzene rings is 2. The zero-order valence-corrected chi connectivity index (χ0v) is 17.5. The molecule has 2 aromatic carbocycles. The third-order valence-corrected chi connectivity index (χ3v) is 6.17. The van der Waals surface area contributed by atoms with Gasteiger partial charge in [0.05, 0.1) is 18.3 Å². The van der Waals surface area contributed by atoms with Gasteiger partial charge in [0.25, 0.3) is 0 Å². The average Bonchev–Trinajstić information content (AvgIpc) is 3.28. The standard InChI is InChI=1S/C24H26ClFO3/c1-15(2)29-22-8-5-19(25)11-21(22)18-12-24(28-14-18)10-9-17(13-27)23(24)16-3-6-20(26)7-4-16/h3-8,11-12,15,17,23,27H,9-10,13-14H2,1-2H3/t17-,23-,24-/m1/s1. The summed E-state index contributed by atoms with van der Waals surface area (Å²) in [7, 11) is 0. The van der Waals surface area contributed by atoms with Gasteiger partial charge >= 0.3 is 0 Å². The zero-order chi connectivity index (χ0) is 20.6. The van der Waals surface area contributed by atoms with Gasteiger partial charge in [-0.3, -0.25) is 0 Å². The van der Waals surface area contributed by atoms with Crippen molar-refractivity contribution in [2.45, 2.75) is 44.3 Å². The van der Waals surface area contributed by atoms with Crippen LogP contribution in [0.1, 0.15) is 43.7 Å². The van der Waals surface area contributed by atoms with E-state index in [2.05, 4.69) is 6.08 Å². The molecule has 1 spiro atoms. The summed E-state index contributed by atoms with van der Waals surface area (Å²) >= 11 is 6.28. The Morgan fingerprint density at radius 2 is 2.00 bits per heavy atom. The maximum Gasteiger partial charge on any atom is 0.127 e. The highest BCUT2D eigenvalue weighted by Crippen LogP contribution is 2.53. The van der Waals surface area contributed by atoms with E-state index < -0.39 is 5.60 Å². The number of hydrogen-bond acceptors (Lipinski definition) is 3. The summed E-state index contributed by atoms with van der Waals surface area (Å²) in [6.45, 7) is 4.51. The van der Waals surface area contributed by atoms with E-state index in [4.69, 9.17) is 21.1 Å². The molecule has 154 valence electrons. The van der Waals surface area contributed by atoms with Crippen molar-refractivity contribution in [3.63, 3.8) is 0 Å².